The zero-order chi connectivity index (χ0) is 20.0. The number of rotatable bonds is 7. The molecule has 150 valence electrons. The monoisotopic (exact) mass is 395 g/mol. The molecule has 1 atom stereocenters. The average molecular weight is 395 g/mol. The molecule has 12 heteroatoms. The third kappa shape index (κ3) is 5.19. The highest BCUT2D eigenvalue weighted by Gasteiger charge is 2.35. The van der Waals surface area contributed by atoms with Gasteiger partial charge in [-0.2, -0.15) is 23.3 Å². The number of hydrogen-bond acceptors (Lipinski definition) is 8. The quantitative estimate of drug-likeness (QED) is 0.449. The van der Waals surface area contributed by atoms with Crippen LogP contribution in [0.15, 0.2) is 35.3 Å². The number of alkyl halides is 3. The van der Waals surface area contributed by atoms with Crippen LogP contribution in [0.1, 0.15) is 17.7 Å². The Bertz CT molecular complexity index is 824. The second-order valence-electron chi connectivity index (χ2n) is 6.06. The summed E-state index contributed by atoms with van der Waals surface area (Å²) < 4.78 is 39.7. The summed E-state index contributed by atoms with van der Waals surface area (Å²) >= 11 is 0. The fourth-order valence-electron chi connectivity index (χ4n) is 2.54. The van der Waals surface area contributed by atoms with Crippen LogP contribution >= 0.6 is 0 Å². The lowest BCUT2D eigenvalue weighted by Gasteiger charge is -2.14. The van der Waals surface area contributed by atoms with Gasteiger partial charge in [0.2, 0.25) is 5.95 Å². The van der Waals surface area contributed by atoms with E-state index in [-0.39, 0.29) is 24.4 Å². The van der Waals surface area contributed by atoms with Crippen LogP contribution in [0.25, 0.3) is 0 Å². The van der Waals surface area contributed by atoms with Gasteiger partial charge in [0.1, 0.15) is 11.4 Å². The van der Waals surface area contributed by atoms with Crippen LogP contribution in [0.5, 0.6) is 0 Å². The molecule has 0 amide bonds. The third-order valence-corrected chi connectivity index (χ3v) is 3.99. The molecule has 9 nitrogen and oxygen atoms in total. The Morgan fingerprint density at radius 2 is 2.29 bits per heavy atom. The number of H-pyrrole nitrogens is 1. The lowest BCUT2D eigenvalue weighted by Crippen LogP contribution is -2.16. The second kappa shape index (κ2) is 8.69. The number of nitrogens with zero attached hydrogens (tertiary/aromatic N) is 4. The van der Waals surface area contributed by atoms with Crippen molar-refractivity contribution in [1.29, 1.82) is 0 Å². The lowest BCUT2D eigenvalue weighted by molar-refractivity contribution is -0.137. The number of aliphatic imine (C=N–C) groups is 1. The van der Waals surface area contributed by atoms with Gasteiger partial charge in [-0.3, -0.25) is 10.1 Å². The van der Waals surface area contributed by atoms with Crippen molar-refractivity contribution in [3.63, 3.8) is 0 Å². The van der Waals surface area contributed by atoms with Gasteiger partial charge in [-0.05, 0) is 19.0 Å². The standard InChI is InChI=1S/C16H20F3N9/c17-16(18,19)13-9-24-15(27-14(13)23-7-11-2-4-25-28-11)26-12(5-20)8-22-10-1-3-21-6-10/h2,4-5,8-10,21H,1,3,6-7,20H2,(H,25,28)(H2,23,24,26,27)/b12-5+,22-8?. The first kappa shape index (κ1) is 19.6. The van der Waals surface area contributed by atoms with E-state index >= 15 is 0 Å². The van der Waals surface area contributed by atoms with Gasteiger partial charge < -0.3 is 21.7 Å². The van der Waals surface area contributed by atoms with Gasteiger partial charge in [0.25, 0.3) is 0 Å². The molecule has 6 N–H and O–H groups in total. The van der Waals surface area contributed by atoms with Crippen molar-refractivity contribution in [2.45, 2.75) is 25.2 Å². The molecule has 1 aliphatic heterocycles. The molecule has 0 spiro atoms. The van der Waals surface area contributed by atoms with E-state index in [1.165, 1.54) is 18.6 Å². The number of aromatic nitrogens is 4. The highest BCUT2D eigenvalue weighted by molar-refractivity contribution is 5.82. The molecule has 2 aromatic rings. The molecule has 0 aliphatic carbocycles. The number of hydrogen-bond donors (Lipinski definition) is 5. The smallest absolute Gasteiger partial charge is 0.403 e. The number of allylic oxidation sites excluding steroid dienone is 1. The first-order chi connectivity index (χ1) is 13.5. The van der Waals surface area contributed by atoms with Gasteiger partial charge in [0.15, 0.2) is 0 Å². The molecular formula is C16H20F3N9. The molecule has 0 bridgehead atoms. The highest BCUT2D eigenvalue weighted by Crippen LogP contribution is 2.34. The largest absolute Gasteiger partial charge is 0.421 e. The third-order valence-electron chi connectivity index (χ3n) is 3.99. The van der Waals surface area contributed by atoms with Crippen LogP contribution in [-0.4, -0.2) is 45.5 Å². The van der Waals surface area contributed by atoms with E-state index in [0.717, 1.165) is 25.7 Å². The van der Waals surface area contributed by atoms with E-state index in [2.05, 4.69) is 41.1 Å². The van der Waals surface area contributed by atoms with Crippen molar-refractivity contribution in [3.05, 3.63) is 41.6 Å². The first-order valence-corrected chi connectivity index (χ1v) is 8.55. The molecule has 1 fully saturated rings. The highest BCUT2D eigenvalue weighted by atomic mass is 19.4. The molecule has 1 aliphatic rings. The maximum atomic E-state index is 13.2. The number of anilines is 2. The SMILES string of the molecule is N/C=C(\C=NC1CCNC1)Nc1ncc(C(F)(F)F)c(NCc2ccn[nH]2)n1. The van der Waals surface area contributed by atoms with Crippen LogP contribution in [0.3, 0.4) is 0 Å². The number of nitrogens with two attached hydrogens (primary N) is 1. The predicted molar refractivity (Wildman–Crippen MR) is 98.6 cm³/mol. The van der Waals surface area contributed by atoms with Crippen LogP contribution in [0, 0.1) is 0 Å². The topological polar surface area (TPSA) is 129 Å². The summed E-state index contributed by atoms with van der Waals surface area (Å²) in [5, 5.41) is 15.0. The summed E-state index contributed by atoms with van der Waals surface area (Å²) in [7, 11) is 0. The number of nitrogens with one attached hydrogen (secondary N) is 4. The molecular weight excluding hydrogens is 375 g/mol. The fraction of sp³-hybridized carbons (Fsp3) is 0.375. The summed E-state index contributed by atoms with van der Waals surface area (Å²) in [5.74, 6) is -0.388. The predicted octanol–water partition coefficient (Wildman–Crippen LogP) is 1.48. The van der Waals surface area contributed by atoms with Crippen LogP contribution in [0.2, 0.25) is 0 Å². The molecule has 1 unspecified atom stereocenters. The van der Waals surface area contributed by atoms with Crippen molar-refractivity contribution in [2.75, 3.05) is 23.7 Å². The summed E-state index contributed by atoms with van der Waals surface area (Å²) in [4.78, 5) is 12.1. The maximum Gasteiger partial charge on any atom is 0.421 e. The Kier molecular flexibility index (Phi) is 6.09. The number of halogens is 3. The van der Waals surface area contributed by atoms with E-state index < -0.39 is 11.7 Å². The summed E-state index contributed by atoms with van der Waals surface area (Å²) in [6, 6.07) is 1.78. The van der Waals surface area contributed by atoms with Crippen molar-refractivity contribution in [2.24, 2.45) is 10.7 Å². The molecule has 0 radical (unpaired) electrons. The molecule has 28 heavy (non-hydrogen) atoms. The normalized spacial score (nSPS) is 18.0. The number of aromatic amines is 1. The second-order valence-corrected chi connectivity index (χ2v) is 6.06. The van der Waals surface area contributed by atoms with Crippen molar-refractivity contribution < 1.29 is 13.2 Å². The van der Waals surface area contributed by atoms with Gasteiger partial charge in [0.05, 0.1) is 24.0 Å². The molecule has 0 saturated carbocycles. The summed E-state index contributed by atoms with van der Waals surface area (Å²) in [6.45, 7) is 1.76. The average Bonchev–Trinajstić information content (AvgIpc) is 3.36. The van der Waals surface area contributed by atoms with E-state index in [1.54, 1.807) is 6.07 Å². The Morgan fingerprint density at radius 3 is 2.93 bits per heavy atom. The summed E-state index contributed by atoms with van der Waals surface area (Å²) in [5.41, 5.74) is 5.59. The van der Waals surface area contributed by atoms with Crippen molar-refractivity contribution in [3.8, 4) is 0 Å². The Hall–Kier alpha value is -3.15. The lowest BCUT2D eigenvalue weighted by atomic mass is 10.3. The fourth-order valence-corrected chi connectivity index (χ4v) is 2.54. The van der Waals surface area contributed by atoms with Crippen LogP contribution in [-0.2, 0) is 12.7 Å². The van der Waals surface area contributed by atoms with Gasteiger partial charge in [-0.25, -0.2) is 4.98 Å². The zero-order valence-corrected chi connectivity index (χ0v) is 14.8. The Morgan fingerprint density at radius 1 is 1.43 bits per heavy atom. The van der Waals surface area contributed by atoms with Crippen LogP contribution < -0.4 is 21.7 Å². The van der Waals surface area contributed by atoms with E-state index in [0.29, 0.717) is 11.4 Å². The molecule has 3 rings (SSSR count). The van der Waals surface area contributed by atoms with Crippen molar-refractivity contribution >= 4 is 18.0 Å². The van der Waals surface area contributed by atoms with E-state index in [1.807, 2.05) is 0 Å². The van der Waals surface area contributed by atoms with Gasteiger partial charge in [0, 0.05) is 31.4 Å². The molecule has 0 aromatic carbocycles. The molecule has 1 saturated heterocycles. The zero-order valence-electron chi connectivity index (χ0n) is 14.8. The minimum absolute atomic E-state index is 0.0344. The van der Waals surface area contributed by atoms with Crippen molar-refractivity contribution in [1.82, 2.24) is 25.5 Å². The van der Waals surface area contributed by atoms with Gasteiger partial charge in [-0.1, -0.05) is 0 Å². The Labute approximate surface area is 158 Å². The molecule has 2 aromatic heterocycles. The van der Waals surface area contributed by atoms with E-state index in [4.69, 9.17) is 5.73 Å². The minimum Gasteiger partial charge on any atom is -0.403 e. The minimum atomic E-state index is -4.60. The van der Waals surface area contributed by atoms with Gasteiger partial charge in [-0.15, -0.1) is 0 Å². The first-order valence-electron chi connectivity index (χ1n) is 8.55. The van der Waals surface area contributed by atoms with Crippen LogP contribution in [0.4, 0.5) is 24.9 Å². The van der Waals surface area contributed by atoms with E-state index in [9.17, 15) is 13.2 Å². The summed E-state index contributed by atoms with van der Waals surface area (Å²) in [6.07, 6.45) is 1.31. The molecule has 3 heterocycles. The maximum absolute atomic E-state index is 13.2. The Balaban J connectivity index is 1.75. The van der Waals surface area contributed by atoms with Gasteiger partial charge >= 0.3 is 6.18 Å².